The predicted molar refractivity (Wildman–Crippen MR) is 69.1 cm³/mol. The number of hydrogen-bond acceptors (Lipinski definition) is 6. The Labute approximate surface area is 109 Å². The molecule has 0 bridgehead atoms. The van der Waals surface area contributed by atoms with Gasteiger partial charge in [0.1, 0.15) is 17.8 Å². The van der Waals surface area contributed by atoms with Gasteiger partial charge in [-0.15, -0.1) is 0 Å². The summed E-state index contributed by atoms with van der Waals surface area (Å²) in [7, 11) is 0. The van der Waals surface area contributed by atoms with Crippen molar-refractivity contribution in [2.24, 2.45) is 0 Å². The molecule has 19 heavy (non-hydrogen) atoms. The number of pyridine rings is 1. The van der Waals surface area contributed by atoms with E-state index in [1.54, 1.807) is 24.8 Å². The van der Waals surface area contributed by atoms with Crippen molar-refractivity contribution in [2.75, 3.05) is 5.32 Å². The number of nitrogens with zero attached hydrogens (tertiary/aromatic N) is 4. The molecule has 0 aliphatic carbocycles. The number of rotatable bonds is 4. The van der Waals surface area contributed by atoms with Crippen LogP contribution in [0, 0.1) is 0 Å². The minimum absolute atomic E-state index is 0.477. The number of hydrogen-bond donors (Lipinski definition) is 1. The first kappa shape index (κ1) is 11.3. The normalized spacial score (nSPS) is 10.3. The highest BCUT2D eigenvalue weighted by atomic mass is 16.3. The lowest BCUT2D eigenvalue weighted by molar-refractivity contribution is 0.503. The van der Waals surface area contributed by atoms with Crippen LogP contribution in [0.25, 0.3) is 11.4 Å². The van der Waals surface area contributed by atoms with E-state index in [4.69, 9.17) is 4.42 Å². The van der Waals surface area contributed by atoms with Crippen LogP contribution >= 0.6 is 0 Å². The largest absolute Gasteiger partial charge is 0.447 e. The molecule has 94 valence electrons. The summed E-state index contributed by atoms with van der Waals surface area (Å²) in [6, 6.07) is 5.67. The summed E-state index contributed by atoms with van der Waals surface area (Å²) in [5.74, 6) is 1.27. The van der Waals surface area contributed by atoms with Crippen molar-refractivity contribution in [3.05, 3.63) is 55.1 Å². The molecule has 3 rings (SSSR count). The van der Waals surface area contributed by atoms with Crippen LogP contribution < -0.4 is 5.32 Å². The minimum Gasteiger partial charge on any atom is -0.447 e. The van der Waals surface area contributed by atoms with Gasteiger partial charge in [0.15, 0.2) is 0 Å². The van der Waals surface area contributed by atoms with E-state index in [2.05, 4.69) is 25.3 Å². The molecule has 0 aliphatic rings. The van der Waals surface area contributed by atoms with Gasteiger partial charge in [0, 0.05) is 6.20 Å². The van der Waals surface area contributed by atoms with E-state index in [9.17, 15) is 0 Å². The quantitative estimate of drug-likeness (QED) is 0.767. The van der Waals surface area contributed by atoms with Gasteiger partial charge in [-0.3, -0.25) is 4.98 Å². The molecule has 3 aromatic rings. The van der Waals surface area contributed by atoms with Gasteiger partial charge in [-0.05, 0) is 12.1 Å². The molecule has 0 aliphatic heterocycles. The SMILES string of the molecule is c1ccc(-c2cnc(NCc3ncco3)cn2)nc1. The van der Waals surface area contributed by atoms with Crippen molar-refractivity contribution >= 4 is 5.82 Å². The van der Waals surface area contributed by atoms with Crippen LogP contribution in [0.1, 0.15) is 5.89 Å². The summed E-state index contributed by atoms with van der Waals surface area (Å²) in [4.78, 5) is 16.8. The maximum Gasteiger partial charge on any atom is 0.213 e. The first-order chi connectivity index (χ1) is 9.42. The Morgan fingerprint density at radius 2 is 1.95 bits per heavy atom. The first-order valence-electron chi connectivity index (χ1n) is 5.77. The molecule has 0 saturated carbocycles. The molecule has 0 saturated heterocycles. The Balaban J connectivity index is 1.69. The van der Waals surface area contributed by atoms with Crippen molar-refractivity contribution < 1.29 is 4.42 Å². The Morgan fingerprint density at radius 1 is 0.947 bits per heavy atom. The molecule has 3 heterocycles. The maximum absolute atomic E-state index is 5.12. The monoisotopic (exact) mass is 253 g/mol. The second-order valence-corrected chi connectivity index (χ2v) is 3.78. The lowest BCUT2D eigenvalue weighted by atomic mass is 10.3. The van der Waals surface area contributed by atoms with Gasteiger partial charge in [-0.1, -0.05) is 6.07 Å². The van der Waals surface area contributed by atoms with Crippen LogP contribution in [0.3, 0.4) is 0 Å². The Morgan fingerprint density at radius 3 is 2.63 bits per heavy atom. The minimum atomic E-state index is 0.477. The Kier molecular flexibility index (Phi) is 3.14. The predicted octanol–water partition coefficient (Wildman–Crippen LogP) is 2.14. The third-order valence-corrected chi connectivity index (χ3v) is 2.48. The van der Waals surface area contributed by atoms with Gasteiger partial charge in [0.2, 0.25) is 5.89 Å². The van der Waals surface area contributed by atoms with E-state index in [1.165, 1.54) is 6.26 Å². The average molecular weight is 253 g/mol. The standard InChI is InChI=1S/C13H11N5O/c1-2-4-14-10(3-1)11-7-17-12(8-16-11)18-9-13-15-5-6-19-13/h1-8H,9H2,(H,17,18). The lowest BCUT2D eigenvalue weighted by Crippen LogP contribution is -2.02. The molecule has 0 aromatic carbocycles. The van der Waals surface area contributed by atoms with Crippen LogP contribution in [-0.4, -0.2) is 19.9 Å². The van der Waals surface area contributed by atoms with E-state index in [-0.39, 0.29) is 0 Å². The molecule has 6 heteroatoms. The first-order valence-corrected chi connectivity index (χ1v) is 5.77. The van der Waals surface area contributed by atoms with Crippen LogP contribution in [0.5, 0.6) is 0 Å². The highest BCUT2D eigenvalue weighted by molar-refractivity contribution is 5.53. The Bertz CT molecular complexity index is 622. The topological polar surface area (TPSA) is 76.7 Å². The number of nitrogens with one attached hydrogen (secondary N) is 1. The van der Waals surface area contributed by atoms with Gasteiger partial charge in [-0.25, -0.2) is 15.0 Å². The van der Waals surface area contributed by atoms with Crippen molar-refractivity contribution in [2.45, 2.75) is 6.54 Å². The van der Waals surface area contributed by atoms with E-state index >= 15 is 0 Å². The van der Waals surface area contributed by atoms with Crippen molar-refractivity contribution in [3.8, 4) is 11.4 Å². The van der Waals surface area contributed by atoms with Crippen molar-refractivity contribution in [3.63, 3.8) is 0 Å². The summed E-state index contributed by atoms with van der Waals surface area (Å²) in [6.45, 7) is 0.477. The second kappa shape index (κ2) is 5.26. The molecule has 0 radical (unpaired) electrons. The number of oxazole rings is 1. The third kappa shape index (κ3) is 2.74. The number of anilines is 1. The van der Waals surface area contributed by atoms with Gasteiger partial charge in [0.05, 0.1) is 30.8 Å². The fraction of sp³-hybridized carbons (Fsp3) is 0.0769. The highest BCUT2D eigenvalue weighted by Crippen LogP contribution is 2.13. The summed E-state index contributed by atoms with van der Waals surface area (Å²) >= 11 is 0. The number of aromatic nitrogens is 4. The van der Waals surface area contributed by atoms with Crippen LogP contribution in [-0.2, 0) is 6.54 Å². The molecule has 0 unspecified atom stereocenters. The van der Waals surface area contributed by atoms with Crippen molar-refractivity contribution in [1.82, 2.24) is 19.9 Å². The van der Waals surface area contributed by atoms with E-state index in [0.29, 0.717) is 18.3 Å². The molecule has 0 atom stereocenters. The maximum atomic E-state index is 5.12. The average Bonchev–Trinajstić information content (AvgIpc) is 3.00. The Hall–Kier alpha value is -2.76. The van der Waals surface area contributed by atoms with E-state index in [1.807, 2.05) is 18.2 Å². The second-order valence-electron chi connectivity index (χ2n) is 3.78. The van der Waals surface area contributed by atoms with E-state index < -0.39 is 0 Å². The molecular formula is C13H11N5O. The third-order valence-electron chi connectivity index (χ3n) is 2.48. The van der Waals surface area contributed by atoms with Gasteiger partial charge < -0.3 is 9.73 Å². The molecule has 1 N–H and O–H groups in total. The van der Waals surface area contributed by atoms with Gasteiger partial charge >= 0.3 is 0 Å². The van der Waals surface area contributed by atoms with Gasteiger partial charge in [0.25, 0.3) is 0 Å². The molecule has 0 amide bonds. The molecular weight excluding hydrogens is 242 g/mol. The van der Waals surface area contributed by atoms with Crippen LogP contribution in [0.2, 0.25) is 0 Å². The van der Waals surface area contributed by atoms with Crippen molar-refractivity contribution in [1.29, 1.82) is 0 Å². The smallest absolute Gasteiger partial charge is 0.213 e. The molecule has 0 spiro atoms. The summed E-state index contributed by atoms with van der Waals surface area (Å²) in [6.07, 6.45) is 8.21. The zero-order valence-electron chi connectivity index (χ0n) is 10.0. The zero-order valence-corrected chi connectivity index (χ0v) is 10.0. The fourth-order valence-corrected chi connectivity index (χ4v) is 1.57. The van der Waals surface area contributed by atoms with Gasteiger partial charge in [-0.2, -0.15) is 0 Å². The van der Waals surface area contributed by atoms with E-state index in [0.717, 1.165) is 11.4 Å². The molecule has 3 aromatic heterocycles. The van der Waals surface area contributed by atoms with Crippen LogP contribution in [0.4, 0.5) is 5.82 Å². The van der Waals surface area contributed by atoms with Crippen LogP contribution in [0.15, 0.2) is 53.7 Å². The summed E-state index contributed by atoms with van der Waals surface area (Å²) in [5.41, 5.74) is 1.54. The highest BCUT2D eigenvalue weighted by Gasteiger charge is 2.02. The lowest BCUT2D eigenvalue weighted by Gasteiger charge is -2.03. The zero-order chi connectivity index (χ0) is 12.9. The summed E-state index contributed by atoms with van der Waals surface area (Å²) in [5, 5.41) is 3.08. The fourth-order valence-electron chi connectivity index (χ4n) is 1.57. The molecule has 0 fully saturated rings. The summed E-state index contributed by atoms with van der Waals surface area (Å²) < 4.78 is 5.12. The molecule has 6 nitrogen and oxygen atoms in total.